The van der Waals surface area contributed by atoms with Gasteiger partial charge in [-0.15, -0.1) is 0 Å². The van der Waals surface area contributed by atoms with E-state index >= 15 is 0 Å². The van der Waals surface area contributed by atoms with Crippen molar-refractivity contribution in [3.05, 3.63) is 35.8 Å². The molecule has 0 atom stereocenters. The van der Waals surface area contributed by atoms with E-state index in [4.69, 9.17) is 10.1 Å². The number of likely N-dealkylation sites (N-methyl/N-ethyl adjacent to an activating group) is 1. The molecule has 0 bridgehead atoms. The fourth-order valence-corrected chi connectivity index (χ4v) is 7.07. The maximum Gasteiger partial charge on any atom is 0.225 e. The largest absolute Gasteiger partial charge is 0.340 e. The lowest BCUT2D eigenvalue weighted by molar-refractivity contribution is -0.138. The van der Waals surface area contributed by atoms with Crippen molar-refractivity contribution in [3.63, 3.8) is 0 Å². The number of amides is 2. The second-order valence-electron chi connectivity index (χ2n) is 10.5. The number of anilines is 1. The summed E-state index contributed by atoms with van der Waals surface area (Å²) in [5.74, 6) is 0.322. The minimum Gasteiger partial charge on any atom is -0.340 e. The van der Waals surface area contributed by atoms with Gasteiger partial charge in [-0.1, -0.05) is 11.3 Å². The van der Waals surface area contributed by atoms with Crippen LogP contribution in [0.3, 0.4) is 0 Å². The molecule has 2 amide bonds. The fraction of sp³-hybridized carbons (Fsp3) is 0.519. The van der Waals surface area contributed by atoms with Gasteiger partial charge in [0.1, 0.15) is 0 Å². The van der Waals surface area contributed by atoms with Crippen LogP contribution in [0.15, 0.2) is 24.5 Å². The van der Waals surface area contributed by atoms with Crippen molar-refractivity contribution < 1.29 is 9.59 Å². The predicted molar refractivity (Wildman–Crippen MR) is 143 cm³/mol. The maximum absolute atomic E-state index is 13.2. The van der Waals surface area contributed by atoms with Gasteiger partial charge in [0, 0.05) is 62.5 Å². The van der Waals surface area contributed by atoms with Crippen LogP contribution < -0.4 is 5.32 Å². The highest BCUT2D eigenvalue weighted by molar-refractivity contribution is 7.19. The monoisotopic (exact) mass is 519 g/mol. The third-order valence-corrected chi connectivity index (χ3v) is 8.98. The van der Waals surface area contributed by atoms with E-state index in [-0.39, 0.29) is 17.9 Å². The van der Waals surface area contributed by atoms with E-state index in [1.807, 2.05) is 12.3 Å². The molecule has 3 aromatic rings. The van der Waals surface area contributed by atoms with Gasteiger partial charge >= 0.3 is 0 Å². The third kappa shape index (κ3) is 4.68. The fourth-order valence-electron chi connectivity index (χ4n) is 5.95. The van der Waals surface area contributed by atoms with Crippen LogP contribution in [0, 0.1) is 5.92 Å². The summed E-state index contributed by atoms with van der Waals surface area (Å²) in [6.45, 7) is 5.09. The molecule has 1 aliphatic heterocycles. The molecule has 1 saturated carbocycles. The van der Waals surface area contributed by atoms with Gasteiger partial charge in [0.15, 0.2) is 5.13 Å². The second-order valence-corrected chi connectivity index (χ2v) is 11.5. The normalized spacial score (nSPS) is 21.8. The molecule has 4 heterocycles. The number of hydrogen-bond acceptors (Lipinski definition) is 7. The van der Waals surface area contributed by atoms with Gasteiger partial charge in [0.2, 0.25) is 11.8 Å². The average Bonchev–Trinajstić information content (AvgIpc) is 3.50. The summed E-state index contributed by atoms with van der Waals surface area (Å²) in [4.78, 5) is 39.4. The summed E-state index contributed by atoms with van der Waals surface area (Å²) in [5, 5.41) is 8.70. The topological polar surface area (TPSA) is 96.2 Å². The van der Waals surface area contributed by atoms with E-state index in [0.29, 0.717) is 11.0 Å². The lowest BCUT2D eigenvalue weighted by Gasteiger charge is -2.37. The van der Waals surface area contributed by atoms with Gasteiger partial charge in [-0.25, -0.2) is 4.98 Å². The lowest BCUT2D eigenvalue weighted by atomic mass is 9.84. The number of carbonyl (C=O) groups is 2. The van der Waals surface area contributed by atoms with Crippen LogP contribution in [-0.2, 0) is 22.4 Å². The summed E-state index contributed by atoms with van der Waals surface area (Å²) in [6, 6.07) is 4.25. The molecule has 0 radical (unpaired) electrons. The number of piperazine rings is 1. The summed E-state index contributed by atoms with van der Waals surface area (Å²) in [6.07, 6.45) is 8.97. The summed E-state index contributed by atoms with van der Waals surface area (Å²) in [5.41, 5.74) is 5.39. The highest BCUT2D eigenvalue weighted by Crippen LogP contribution is 2.46. The predicted octanol–water partition coefficient (Wildman–Crippen LogP) is 3.63. The van der Waals surface area contributed by atoms with Gasteiger partial charge in [-0.3, -0.25) is 19.3 Å². The first-order valence-corrected chi connectivity index (χ1v) is 14.1. The Hall–Kier alpha value is -3.11. The van der Waals surface area contributed by atoms with Crippen LogP contribution in [0.4, 0.5) is 5.13 Å². The SMILES string of the molecule is CC(=O)Nc1nc2c(s1)-c1c(c(-c3cccnc3)nn1[C@H]1CC[C@H](C(=O)N3CCN(C)CC3)CC1)CC2. The van der Waals surface area contributed by atoms with Crippen molar-refractivity contribution in [1.29, 1.82) is 0 Å². The van der Waals surface area contributed by atoms with Crippen LogP contribution in [0.5, 0.6) is 0 Å². The highest BCUT2D eigenvalue weighted by Gasteiger charge is 2.35. The molecule has 0 unspecified atom stereocenters. The van der Waals surface area contributed by atoms with Gasteiger partial charge < -0.3 is 15.1 Å². The molecule has 1 saturated heterocycles. The van der Waals surface area contributed by atoms with E-state index in [9.17, 15) is 9.59 Å². The molecule has 0 aromatic carbocycles. The number of pyridine rings is 1. The minimum atomic E-state index is -0.112. The van der Waals surface area contributed by atoms with Gasteiger partial charge in [-0.05, 0) is 57.7 Å². The number of nitrogens with one attached hydrogen (secondary N) is 1. The molecule has 37 heavy (non-hydrogen) atoms. The molecule has 10 heteroatoms. The van der Waals surface area contributed by atoms with Crippen LogP contribution in [0.1, 0.15) is 49.9 Å². The molecule has 2 fully saturated rings. The molecule has 194 valence electrons. The number of aryl methyl sites for hydroxylation is 1. The number of hydrogen-bond donors (Lipinski definition) is 1. The van der Waals surface area contributed by atoms with Gasteiger partial charge in [-0.2, -0.15) is 5.10 Å². The van der Waals surface area contributed by atoms with Crippen molar-refractivity contribution in [2.45, 2.75) is 51.5 Å². The number of fused-ring (bicyclic) bond motifs is 3. The summed E-state index contributed by atoms with van der Waals surface area (Å²) in [7, 11) is 2.12. The van der Waals surface area contributed by atoms with E-state index < -0.39 is 0 Å². The van der Waals surface area contributed by atoms with E-state index in [1.165, 1.54) is 23.8 Å². The Bertz CT molecular complexity index is 1300. The molecular formula is C27H33N7O2S. The van der Waals surface area contributed by atoms with E-state index in [1.54, 1.807) is 6.20 Å². The van der Waals surface area contributed by atoms with Crippen LogP contribution in [0.2, 0.25) is 0 Å². The van der Waals surface area contributed by atoms with Crippen LogP contribution in [-0.4, -0.2) is 74.6 Å². The standard InChI is InChI=1S/C27H33N7O2S/c1-17(35)29-27-30-22-10-9-21-23(19-4-3-11-28-16-19)31-34(24(21)25(22)37-27)20-7-5-18(6-8-20)26(36)33-14-12-32(2)13-15-33/h3-4,11,16,18,20H,5-10,12-15H2,1-2H3,(H,29,30,35)/t18-,20-. The van der Waals surface area contributed by atoms with Crippen molar-refractivity contribution in [3.8, 4) is 21.8 Å². The van der Waals surface area contributed by atoms with E-state index in [2.05, 4.69) is 37.9 Å². The molecule has 0 spiro atoms. The van der Waals surface area contributed by atoms with Gasteiger partial charge in [0.25, 0.3) is 0 Å². The zero-order chi connectivity index (χ0) is 25.5. The number of aromatic nitrogens is 4. The first-order valence-electron chi connectivity index (χ1n) is 13.2. The van der Waals surface area contributed by atoms with Crippen LogP contribution >= 0.6 is 11.3 Å². The molecule has 3 aliphatic rings. The third-order valence-electron chi connectivity index (χ3n) is 7.96. The highest BCUT2D eigenvalue weighted by atomic mass is 32.1. The van der Waals surface area contributed by atoms with E-state index in [0.717, 1.165) is 92.2 Å². The van der Waals surface area contributed by atoms with Crippen molar-refractivity contribution in [1.82, 2.24) is 29.5 Å². The van der Waals surface area contributed by atoms with Crippen LogP contribution in [0.25, 0.3) is 21.8 Å². The smallest absolute Gasteiger partial charge is 0.225 e. The second kappa shape index (κ2) is 9.98. The number of thiazole rings is 1. The summed E-state index contributed by atoms with van der Waals surface area (Å²) < 4.78 is 2.21. The molecule has 2 aliphatic carbocycles. The Kier molecular flexibility index (Phi) is 6.54. The Morgan fingerprint density at radius 3 is 2.57 bits per heavy atom. The summed E-state index contributed by atoms with van der Waals surface area (Å²) >= 11 is 1.53. The Labute approximate surface area is 220 Å². The van der Waals surface area contributed by atoms with Gasteiger partial charge in [0.05, 0.1) is 28.0 Å². The zero-order valence-corrected chi connectivity index (χ0v) is 22.3. The molecule has 3 aromatic heterocycles. The first-order chi connectivity index (χ1) is 18.0. The Morgan fingerprint density at radius 1 is 1.08 bits per heavy atom. The first kappa shape index (κ1) is 24.2. The maximum atomic E-state index is 13.2. The molecular weight excluding hydrogens is 486 g/mol. The minimum absolute atomic E-state index is 0.106. The quantitative estimate of drug-likeness (QED) is 0.566. The Balaban J connectivity index is 1.29. The zero-order valence-electron chi connectivity index (χ0n) is 21.4. The van der Waals surface area contributed by atoms with Crippen molar-refractivity contribution in [2.75, 3.05) is 38.5 Å². The molecule has 6 rings (SSSR count). The molecule has 1 N–H and O–H groups in total. The average molecular weight is 520 g/mol. The lowest BCUT2D eigenvalue weighted by Crippen LogP contribution is -2.49. The Morgan fingerprint density at radius 2 is 1.86 bits per heavy atom. The number of nitrogens with zero attached hydrogens (tertiary/aromatic N) is 6. The van der Waals surface area contributed by atoms with Crippen molar-refractivity contribution in [2.24, 2.45) is 5.92 Å². The number of rotatable bonds is 4. The molecule has 9 nitrogen and oxygen atoms in total. The number of carbonyl (C=O) groups excluding carboxylic acids is 2. The van der Waals surface area contributed by atoms with Crippen molar-refractivity contribution >= 4 is 28.3 Å².